The van der Waals surface area contributed by atoms with Crippen molar-refractivity contribution in [2.45, 2.75) is 32.6 Å². The molecule has 0 unspecified atom stereocenters. The number of thiophene rings is 2. The van der Waals surface area contributed by atoms with Gasteiger partial charge in [-0.15, -0.1) is 22.7 Å². The maximum atomic E-state index is 4.73. The van der Waals surface area contributed by atoms with Crippen LogP contribution in [0, 0.1) is 0 Å². The third kappa shape index (κ3) is 3.28. The van der Waals surface area contributed by atoms with Crippen molar-refractivity contribution in [1.29, 1.82) is 0 Å². The van der Waals surface area contributed by atoms with Gasteiger partial charge >= 0.3 is 0 Å². The van der Waals surface area contributed by atoms with E-state index in [1.54, 1.807) is 22.7 Å². The summed E-state index contributed by atoms with van der Waals surface area (Å²) in [6.07, 6.45) is 5.00. The van der Waals surface area contributed by atoms with Gasteiger partial charge in [-0.05, 0) is 58.0 Å². The summed E-state index contributed by atoms with van der Waals surface area (Å²) in [7, 11) is 2.08. The normalized spacial score (nSPS) is 11.9. The van der Waals surface area contributed by atoms with Gasteiger partial charge in [-0.2, -0.15) is 0 Å². The highest BCUT2D eigenvalue weighted by atomic mass is 32.1. The largest absolute Gasteiger partial charge is 0.334 e. The third-order valence-electron chi connectivity index (χ3n) is 5.39. The predicted molar refractivity (Wildman–Crippen MR) is 119 cm³/mol. The molecular formula is C23H24N2S2. The van der Waals surface area contributed by atoms with Crippen molar-refractivity contribution >= 4 is 22.7 Å². The Labute approximate surface area is 169 Å². The summed E-state index contributed by atoms with van der Waals surface area (Å²) in [5, 5.41) is 4.30. The van der Waals surface area contributed by atoms with Crippen LogP contribution < -0.4 is 0 Å². The summed E-state index contributed by atoms with van der Waals surface area (Å²) in [4.78, 5) is 7.33. The van der Waals surface area contributed by atoms with Crippen LogP contribution in [0.4, 0.5) is 0 Å². The quantitative estimate of drug-likeness (QED) is 0.350. The van der Waals surface area contributed by atoms with Gasteiger partial charge in [0.15, 0.2) is 0 Å². The number of aryl methyl sites for hydroxylation is 1. The van der Waals surface area contributed by atoms with Gasteiger partial charge in [0.25, 0.3) is 0 Å². The van der Waals surface area contributed by atoms with E-state index in [1.807, 2.05) is 12.4 Å². The molecule has 0 radical (unpaired) electrons. The van der Waals surface area contributed by atoms with E-state index in [0.717, 1.165) is 12.2 Å². The molecule has 4 heteroatoms. The maximum Gasteiger partial charge on any atom is 0.140 e. The minimum atomic E-state index is 0.0561. The molecule has 0 bridgehead atoms. The zero-order valence-electron chi connectivity index (χ0n) is 16.2. The summed E-state index contributed by atoms with van der Waals surface area (Å²) < 4.78 is 2.13. The van der Waals surface area contributed by atoms with Gasteiger partial charge < -0.3 is 4.57 Å². The lowest BCUT2D eigenvalue weighted by molar-refractivity contribution is 0.507. The molecule has 0 aliphatic carbocycles. The predicted octanol–water partition coefficient (Wildman–Crippen LogP) is 7.23. The molecule has 0 fully saturated rings. The summed E-state index contributed by atoms with van der Waals surface area (Å²) >= 11 is 3.59. The summed E-state index contributed by atoms with van der Waals surface area (Å²) in [5.74, 6) is 1.03. The highest BCUT2D eigenvalue weighted by molar-refractivity contribution is 7.14. The van der Waals surface area contributed by atoms with Gasteiger partial charge in [0.2, 0.25) is 0 Å². The van der Waals surface area contributed by atoms with E-state index in [9.17, 15) is 0 Å². The molecule has 2 nitrogen and oxygen atoms in total. The average Bonchev–Trinajstić information content (AvgIpc) is 3.43. The molecule has 0 aliphatic heterocycles. The van der Waals surface area contributed by atoms with Gasteiger partial charge in [-0.1, -0.05) is 32.9 Å². The molecule has 138 valence electrons. The van der Waals surface area contributed by atoms with Crippen molar-refractivity contribution in [2.75, 3.05) is 0 Å². The first-order chi connectivity index (χ1) is 13.0. The van der Waals surface area contributed by atoms with Crippen molar-refractivity contribution < 1.29 is 0 Å². The fourth-order valence-corrected chi connectivity index (χ4v) is 4.89. The first-order valence-corrected chi connectivity index (χ1v) is 11.0. The molecule has 3 heterocycles. The molecule has 0 amide bonds. The van der Waals surface area contributed by atoms with Crippen LogP contribution in [0.2, 0.25) is 0 Å². The molecule has 0 aliphatic rings. The highest BCUT2D eigenvalue weighted by Crippen LogP contribution is 2.45. The molecule has 0 atom stereocenters. The molecule has 4 rings (SSSR count). The Kier molecular flexibility index (Phi) is 4.79. The average molecular weight is 393 g/mol. The Morgan fingerprint density at radius 2 is 1.74 bits per heavy atom. The standard InChI is InChI=1S/C23H24N2S2/c1-5-23(2,3)18-15-16(19-8-6-12-26-19)14-17(20-9-7-13-27-20)21(18)22-24-10-11-25(22)4/h6-15H,5H2,1-4H3. The van der Waals surface area contributed by atoms with Crippen LogP contribution >= 0.6 is 22.7 Å². The summed E-state index contributed by atoms with van der Waals surface area (Å²) in [6.45, 7) is 6.95. The number of hydrogen-bond donors (Lipinski definition) is 0. The van der Waals surface area contributed by atoms with E-state index in [4.69, 9.17) is 4.98 Å². The lowest BCUT2D eigenvalue weighted by atomic mass is 9.77. The molecule has 0 saturated heterocycles. The third-order valence-corrected chi connectivity index (χ3v) is 7.21. The van der Waals surface area contributed by atoms with E-state index < -0.39 is 0 Å². The van der Waals surface area contributed by atoms with Crippen LogP contribution in [-0.4, -0.2) is 9.55 Å². The molecule has 27 heavy (non-hydrogen) atoms. The summed E-state index contributed by atoms with van der Waals surface area (Å²) in [6, 6.07) is 13.4. The van der Waals surface area contributed by atoms with E-state index in [1.165, 1.54) is 32.0 Å². The maximum absolute atomic E-state index is 4.73. The Morgan fingerprint density at radius 3 is 2.30 bits per heavy atom. The lowest BCUT2D eigenvalue weighted by Crippen LogP contribution is -2.18. The molecule has 0 saturated carbocycles. The second-order valence-corrected chi connectivity index (χ2v) is 9.40. The topological polar surface area (TPSA) is 17.8 Å². The van der Waals surface area contributed by atoms with E-state index in [2.05, 4.69) is 79.5 Å². The molecular weight excluding hydrogens is 368 g/mol. The van der Waals surface area contributed by atoms with Crippen molar-refractivity contribution in [3.05, 3.63) is 65.1 Å². The van der Waals surface area contributed by atoms with E-state index >= 15 is 0 Å². The van der Waals surface area contributed by atoms with Gasteiger partial charge in [0, 0.05) is 40.3 Å². The zero-order chi connectivity index (χ0) is 19.0. The lowest BCUT2D eigenvalue weighted by Gasteiger charge is -2.28. The SMILES string of the molecule is CCC(C)(C)c1cc(-c2cccs2)cc(-c2cccs2)c1-c1nccn1C. The van der Waals surface area contributed by atoms with Crippen LogP contribution in [0.3, 0.4) is 0 Å². The monoisotopic (exact) mass is 392 g/mol. The highest BCUT2D eigenvalue weighted by Gasteiger charge is 2.28. The molecule has 1 aromatic carbocycles. The Hall–Kier alpha value is -2.17. The van der Waals surface area contributed by atoms with Gasteiger partial charge in [0.1, 0.15) is 5.82 Å². The van der Waals surface area contributed by atoms with Crippen molar-refractivity contribution in [2.24, 2.45) is 7.05 Å². The molecule has 0 spiro atoms. The number of imidazole rings is 1. The fraction of sp³-hybridized carbons (Fsp3) is 0.261. The summed E-state index contributed by atoms with van der Waals surface area (Å²) in [5.41, 5.74) is 5.26. The number of benzene rings is 1. The minimum absolute atomic E-state index is 0.0561. The Balaban J connectivity index is 2.10. The minimum Gasteiger partial charge on any atom is -0.334 e. The van der Waals surface area contributed by atoms with Crippen LogP contribution in [0.25, 0.3) is 32.3 Å². The van der Waals surface area contributed by atoms with E-state index in [-0.39, 0.29) is 5.41 Å². The van der Waals surface area contributed by atoms with Gasteiger partial charge in [0.05, 0.1) is 0 Å². The van der Waals surface area contributed by atoms with Crippen LogP contribution in [0.5, 0.6) is 0 Å². The van der Waals surface area contributed by atoms with Crippen molar-refractivity contribution in [1.82, 2.24) is 9.55 Å². The fourth-order valence-electron chi connectivity index (χ4n) is 3.42. The van der Waals surface area contributed by atoms with Gasteiger partial charge in [-0.3, -0.25) is 0 Å². The van der Waals surface area contributed by atoms with E-state index in [0.29, 0.717) is 0 Å². The smallest absolute Gasteiger partial charge is 0.140 e. The Morgan fingerprint density at radius 1 is 1.04 bits per heavy atom. The molecule has 4 aromatic rings. The van der Waals surface area contributed by atoms with Crippen molar-refractivity contribution in [3.8, 4) is 32.3 Å². The van der Waals surface area contributed by atoms with Crippen LogP contribution in [0.15, 0.2) is 59.6 Å². The zero-order valence-corrected chi connectivity index (χ0v) is 17.8. The van der Waals surface area contributed by atoms with Crippen LogP contribution in [-0.2, 0) is 12.5 Å². The van der Waals surface area contributed by atoms with Gasteiger partial charge in [-0.25, -0.2) is 4.98 Å². The molecule has 3 aromatic heterocycles. The number of aromatic nitrogens is 2. The number of nitrogens with zero attached hydrogens (tertiary/aromatic N) is 2. The Bertz CT molecular complexity index is 1040. The second-order valence-electron chi connectivity index (χ2n) is 7.50. The first kappa shape index (κ1) is 18.2. The second kappa shape index (κ2) is 7.10. The molecule has 0 N–H and O–H groups in total. The number of rotatable bonds is 5. The number of hydrogen-bond acceptors (Lipinski definition) is 3. The first-order valence-electron chi connectivity index (χ1n) is 9.25. The van der Waals surface area contributed by atoms with Crippen molar-refractivity contribution in [3.63, 3.8) is 0 Å². The van der Waals surface area contributed by atoms with Crippen LogP contribution in [0.1, 0.15) is 32.8 Å².